The molecule has 0 spiro atoms. The van der Waals surface area contributed by atoms with Gasteiger partial charge in [0.2, 0.25) is 0 Å². The Kier molecular flexibility index (Phi) is 2.81. The molecule has 0 saturated heterocycles. The summed E-state index contributed by atoms with van der Waals surface area (Å²) in [5.74, 6) is 0. The van der Waals surface area contributed by atoms with Gasteiger partial charge in [-0.25, -0.2) is 0 Å². The summed E-state index contributed by atoms with van der Waals surface area (Å²) in [6.45, 7) is 4.33. The van der Waals surface area contributed by atoms with Gasteiger partial charge < -0.3 is 10.4 Å². The first kappa shape index (κ1) is 10.7. The predicted octanol–water partition coefficient (Wildman–Crippen LogP) is 1.51. The van der Waals surface area contributed by atoms with E-state index in [9.17, 15) is 5.11 Å². The van der Waals surface area contributed by atoms with Gasteiger partial charge in [0.15, 0.2) is 0 Å². The van der Waals surface area contributed by atoms with E-state index in [2.05, 4.69) is 29.6 Å². The SMILES string of the molecule is CC(C)(O)CNC1Cc2ccccc2C1. The Morgan fingerprint density at radius 1 is 1.27 bits per heavy atom. The van der Waals surface area contributed by atoms with E-state index in [0.29, 0.717) is 12.6 Å². The first-order valence-electron chi connectivity index (χ1n) is 5.57. The van der Waals surface area contributed by atoms with Crippen LogP contribution < -0.4 is 5.32 Å². The molecule has 1 aliphatic rings. The lowest BCUT2D eigenvalue weighted by molar-refractivity contribution is 0.0767. The molecule has 0 fully saturated rings. The van der Waals surface area contributed by atoms with Crippen LogP contribution >= 0.6 is 0 Å². The third kappa shape index (κ3) is 2.80. The fourth-order valence-corrected chi connectivity index (χ4v) is 2.10. The Morgan fingerprint density at radius 2 is 1.80 bits per heavy atom. The van der Waals surface area contributed by atoms with Crippen molar-refractivity contribution in [2.45, 2.75) is 38.3 Å². The lowest BCUT2D eigenvalue weighted by atomic mass is 10.1. The quantitative estimate of drug-likeness (QED) is 0.784. The molecule has 15 heavy (non-hydrogen) atoms. The Hall–Kier alpha value is -0.860. The molecule has 2 heteroatoms. The van der Waals surface area contributed by atoms with E-state index in [1.165, 1.54) is 11.1 Å². The second-order valence-electron chi connectivity index (χ2n) is 5.07. The summed E-state index contributed by atoms with van der Waals surface area (Å²) >= 11 is 0. The lowest BCUT2D eigenvalue weighted by Gasteiger charge is -2.21. The summed E-state index contributed by atoms with van der Waals surface area (Å²) < 4.78 is 0. The first-order valence-corrected chi connectivity index (χ1v) is 5.57. The molecule has 1 aromatic carbocycles. The summed E-state index contributed by atoms with van der Waals surface area (Å²) in [4.78, 5) is 0. The van der Waals surface area contributed by atoms with Crippen LogP contribution in [-0.2, 0) is 12.8 Å². The summed E-state index contributed by atoms with van der Waals surface area (Å²) in [5.41, 5.74) is 2.28. The van der Waals surface area contributed by atoms with Crippen molar-refractivity contribution in [2.75, 3.05) is 6.54 Å². The van der Waals surface area contributed by atoms with E-state index in [1.807, 2.05) is 13.8 Å². The second kappa shape index (κ2) is 3.95. The smallest absolute Gasteiger partial charge is 0.0715 e. The monoisotopic (exact) mass is 205 g/mol. The maximum absolute atomic E-state index is 9.63. The molecule has 1 aliphatic carbocycles. The van der Waals surface area contributed by atoms with E-state index in [4.69, 9.17) is 0 Å². The molecule has 2 N–H and O–H groups in total. The van der Waals surface area contributed by atoms with Crippen LogP contribution in [0.15, 0.2) is 24.3 Å². The zero-order valence-corrected chi connectivity index (χ0v) is 9.46. The number of fused-ring (bicyclic) bond motifs is 1. The van der Waals surface area contributed by atoms with Crippen molar-refractivity contribution in [1.29, 1.82) is 0 Å². The molecule has 0 atom stereocenters. The summed E-state index contributed by atoms with van der Waals surface area (Å²) in [6.07, 6.45) is 2.18. The van der Waals surface area contributed by atoms with Gasteiger partial charge in [0.25, 0.3) is 0 Å². The molecule has 82 valence electrons. The topological polar surface area (TPSA) is 32.3 Å². The lowest BCUT2D eigenvalue weighted by Crippen LogP contribution is -2.41. The molecular weight excluding hydrogens is 186 g/mol. The van der Waals surface area contributed by atoms with E-state index >= 15 is 0 Å². The minimum absolute atomic E-state index is 0.494. The van der Waals surface area contributed by atoms with Crippen LogP contribution in [0.3, 0.4) is 0 Å². The Bertz CT molecular complexity index is 316. The van der Waals surface area contributed by atoms with Crippen molar-refractivity contribution in [2.24, 2.45) is 0 Å². The maximum Gasteiger partial charge on any atom is 0.0715 e. The Balaban J connectivity index is 1.91. The molecule has 0 unspecified atom stereocenters. The van der Waals surface area contributed by atoms with Crippen LogP contribution in [0.2, 0.25) is 0 Å². The molecule has 0 radical (unpaired) electrons. The fraction of sp³-hybridized carbons (Fsp3) is 0.538. The molecule has 1 aromatic rings. The largest absolute Gasteiger partial charge is 0.389 e. The maximum atomic E-state index is 9.63. The van der Waals surface area contributed by atoms with Gasteiger partial charge in [0, 0.05) is 12.6 Å². The van der Waals surface area contributed by atoms with E-state index in [1.54, 1.807) is 0 Å². The third-order valence-electron chi connectivity index (χ3n) is 2.87. The van der Waals surface area contributed by atoms with Gasteiger partial charge in [-0.3, -0.25) is 0 Å². The molecule has 0 heterocycles. The van der Waals surface area contributed by atoms with E-state index in [0.717, 1.165) is 12.8 Å². The highest BCUT2D eigenvalue weighted by Gasteiger charge is 2.22. The molecule has 2 rings (SSSR count). The van der Waals surface area contributed by atoms with Crippen LogP contribution in [0.1, 0.15) is 25.0 Å². The standard InChI is InChI=1S/C13H19NO/c1-13(2,15)9-14-12-7-10-5-3-4-6-11(10)8-12/h3-6,12,14-15H,7-9H2,1-2H3. The van der Waals surface area contributed by atoms with Crippen LogP contribution in [0.4, 0.5) is 0 Å². The number of nitrogens with one attached hydrogen (secondary N) is 1. The summed E-state index contributed by atoms with van der Waals surface area (Å²) in [6, 6.07) is 9.07. The van der Waals surface area contributed by atoms with Crippen LogP contribution in [0.25, 0.3) is 0 Å². The van der Waals surface area contributed by atoms with Gasteiger partial charge in [0.1, 0.15) is 0 Å². The molecule has 0 aliphatic heterocycles. The van der Waals surface area contributed by atoms with Gasteiger partial charge in [-0.2, -0.15) is 0 Å². The number of hydrogen-bond acceptors (Lipinski definition) is 2. The predicted molar refractivity (Wildman–Crippen MR) is 61.9 cm³/mol. The highest BCUT2D eigenvalue weighted by molar-refractivity contribution is 5.33. The zero-order chi connectivity index (χ0) is 10.9. The molecule has 0 bridgehead atoms. The Morgan fingerprint density at radius 3 is 2.27 bits per heavy atom. The number of rotatable bonds is 3. The number of hydrogen-bond donors (Lipinski definition) is 2. The van der Waals surface area contributed by atoms with Crippen molar-refractivity contribution in [3.8, 4) is 0 Å². The minimum atomic E-state index is -0.616. The minimum Gasteiger partial charge on any atom is -0.389 e. The third-order valence-corrected chi connectivity index (χ3v) is 2.87. The van der Waals surface area contributed by atoms with Crippen molar-refractivity contribution in [3.05, 3.63) is 35.4 Å². The van der Waals surface area contributed by atoms with Crippen LogP contribution in [0.5, 0.6) is 0 Å². The fourth-order valence-electron chi connectivity index (χ4n) is 2.10. The van der Waals surface area contributed by atoms with E-state index < -0.39 is 5.60 Å². The molecule has 0 aromatic heterocycles. The number of benzene rings is 1. The van der Waals surface area contributed by atoms with Gasteiger partial charge in [-0.1, -0.05) is 24.3 Å². The molecule has 2 nitrogen and oxygen atoms in total. The average Bonchev–Trinajstić information content (AvgIpc) is 2.56. The summed E-state index contributed by atoms with van der Waals surface area (Å²) in [5, 5.41) is 13.1. The van der Waals surface area contributed by atoms with E-state index in [-0.39, 0.29) is 0 Å². The molecule has 0 amide bonds. The van der Waals surface area contributed by atoms with Gasteiger partial charge in [-0.15, -0.1) is 0 Å². The first-order chi connectivity index (χ1) is 7.04. The number of aliphatic hydroxyl groups is 1. The van der Waals surface area contributed by atoms with Gasteiger partial charge >= 0.3 is 0 Å². The molecular formula is C13H19NO. The van der Waals surface area contributed by atoms with Crippen LogP contribution in [0, 0.1) is 0 Å². The highest BCUT2D eigenvalue weighted by Crippen LogP contribution is 2.21. The summed E-state index contributed by atoms with van der Waals surface area (Å²) in [7, 11) is 0. The van der Waals surface area contributed by atoms with Crippen molar-refractivity contribution >= 4 is 0 Å². The highest BCUT2D eigenvalue weighted by atomic mass is 16.3. The van der Waals surface area contributed by atoms with Gasteiger partial charge in [-0.05, 0) is 37.8 Å². The average molecular weight is 205 g/mol. The molecule has 0 saturated carbocycles. The van der Waals surface area contributed by atoms with Crippen LogP contribution in [-0.4, -0.2) is 23.3 Å². The normalized spacial score (nSPS) is 16.7. The second-order valence-corrected chi connectivity index (χ2v) is 5.07. The van der Waals surface area contributed by atoms with Crippen molar-refractivity contribution in [1.82, 2.24) is 5.32 Å². The zero-order valence-electron chi connectivity index (χ0n) is 9.46. The Labute approximate surface area is 91.3 Å². The van der Waals surface area contributed by atoms with Crippen molar-refractivity contribution < 1.29 is 5.11 Å². The van der Waals surface area contributed by atoms with Gasteiger partial charge in [0.05, 0.1) is 5.60 Å². The van der Waals surface area contributed by atoms with Crippen molar-refractivity contribution in [3.63, 3.8) is 0 Å².